The summed E-state index contributed by atoms with van der Waals surface area (Å²) in [5.41, 5.74) is 7.67. The maximum absolute atomic E-state index is 11.9. The van der Waals surface area contributed by atoms with Crippen LogP contribution in [0.25, 0.3) is 10.9 Å². The Morgan fingerprint density at radius 2 is 2.00 bits per heavy atom. The lowest BCUT2D eigenvalue weighted by molar-refractivity contribution is -0.116. The Hall–Kier alpha value is -1.27. The first kappa shape index (κ1) is 22.7. The zero-order chi connectivity index (χ0) is 16.1. The van der Waals surface area contributed by atoms with Crippen LogP contribution in [0.2, 0.25) is 0 Å². The predicted molar refractivity (Wildman–Crippen MR) is 107 cm³/mol. The molecule has 0 bridgehead atoms. The monoisotopic (exact) mass is 374 g/mol. The average molecular weight is 375 g/mol. The van der Waals surface area contributed by atoms with E-state index in [1.165, 1.54) is 5.39 Å². The summed E-state index contributed by atoms with van der Waals surface area (Å²) in [4.78, 5) is 14.1. The molecule has 1 aromatic heterocycles. The van der Waals surface area contributed by atoms with Crippen LogP contribution in [0.5, 0.6) is 0 Å². The number of halogens is 2. The lowest BCUT2D eigenvalue weighted by Gasteiger charge is -2.12. The lowest BCUT2D eigenvalue weighted by atomic mass is 10.2. The predicted octanol–water partition coefficient (Wildman–Crippen LogP) is 3.11. The molecule has 1 atom stereocenters. The Kier molecular flexibility index (Phi) is 10.0. The number of amides is 1. The number of benzene rings is 1. The largest absolute Gasteiger partial charge is 0.346 e. The van der Waals surface area contributed by atoms with Crippen molar-refractivity contribution in [3.63, 3.8) is 0 Å². The van der Waals surface area contributed by atoms with E-state index in [1.54, 1.807) is 0 Å². The zero-order valence-electron chi connectivity index (χ0n) is 14.5. The second-order valence-electron chi connectivity index (χ2n) is 6.15. The number of hydrogen-bond donors (Lipinski definition) is 2. The number of aromatic nitrogens is 1. The second kappa shape index (κ2) is 10.6. The van der Waals surface area contributed by atoms with Crippen LogP contribution in [0.1, 0.15) is 19.8 Å². The molecule has 2 aromatic rings. The van der Waals surface area contributed by atoms with Crippen molar-refractivity contribution in [2.24, 2.45) is 5.73 Å². The van der Waals surface area contributed by atoms with Gasteiger partial charge < -0.3 is 20.5 Å². The van der Waals surface area contributed by atoms with Crippen molar-refractivity contribution in [3.8, 4) is 0 Å². The molecule has 136 valence electrons. The van der Waals surface area contributed by atoms with E-state index < -0.39 is 0 Å². The Balaban J connectivity index is 0.00000264. The third-order valence-corrected chi connectivity index (χ3v) is 3.67. The molecule has 0 saturated carbocycles. The molecule has 0 aliphatic carbocycles. The number of likely N-dealkylation sites (N-methyl/N-ethyl adjacent to an activating group) is 1. The molecule has 1 heterocycles. The van der Waals surface area contributed by atoms with Gasteiger partial charge in [0, 0.05) is 37.4 Å². The first-order valence-corrected chi connectivity index (χ1v) is 7.75. The lowest BCUT2D eigenvalue weighted by Crippen LogP contribution is -2.19. The van der Waals surface area contributed by atoms with Gasteiger partial charge in [-0.1, -0.05) is 6.07 Å². The fourth-order valence-corrected chi connectivity index (χ4v) is 2.35. The average Bonchev–Trinajstić information content (AvgIpc) is 2.85. The van der Waals surface area contributed by atoms with Crippen molar-refractivity contribution in [2.75, 3.05) is 26.0 Å². The molecule has 0 spiro atoms. The van der Waals surface area contributed by atoms with Gasteiger partial charge in [-0.3, -0.25) is 4.79 Å². The molecule has 1 aromatic carbocycles. The number of hydrogen-bond acceptors (Lipinski definition) is 3. The summed E-state index contributed by atoms with van der Waals surface area (Å²) in [5.74, 6) is 0.0167. The van der Waals surface area contributed by atoms with Crippen LogP contribution in [-0.4, -0.2) is 42.1 Å². The highest BCUT2D eigenvalue weighted by atomic mass is 35.5. The summed E-state index contributed by atoms with van der Waals surface area (Å²) in [6.07, 6.45) is 3.25. The highest BCUT2D eigenvalue weighted by Gasteiger charge is 2.07. The van der Waals surface area contributed by atoms with Crippen LogP contribution >= 0.6 is 24.8 Å². The molecule has 0 saturated heterocycles. The number of anilines is 1. The molecule has 0 radical (unpaired) electrons. The van der Waals surface area contributed by atoms with Crippen LogP contribution in [0.15, 0.2) is 30.5 Å². The first-order chi connectivity index (χ1) is 10.5. The van der Waals surface area contributed by atoms with Gasteiger partial charge in [0.05, 0.1) is 5.52 Å². The number of carbonyl (C=O) groups is 1. The van der Waals surface area contributed by atoms with Crippen molar-refractivity contribution >= 4 is 47.3 Å². The van der Waals surface area contributed by atoms with E-state index in [-0.39, 0.29) is 36.8 Å². The minimum absolute atomic E-state index is 0. The van der Waals surface area contributed by atoms with Gasteiger partial charge in [-0.2, -0.15) is 0 Å². The smallest absolute Gasteiger partial charge is 0.224 e. The maximum atomic E-state index is 11.9. The van der Waals surface area contributed by atoms with Gasteiger partial charge >= 0.3 is 0 Å². The molecular formula is C17H28Cl2N4O. The summed E-state index contributed by atoms with van der Waals surface area (Å²) >= 11 is 0. The van der Waals surface area contributed by atoms with Crippen LogP contribution in [-0.2, 0) is 11.3 Å². The second-order valence-corrected chi connectivity index (χ2v) is 6.15. The molecule has 0 aliphatic heterocycles. The van der Waals surface area contributed by atoms with Gasteiger partial charge in [-0.05, 0) is 51.0 Å². The summed E-state index contributed by atoms with van der Waals surface area (Å²) in [6, 6.07) is 8.18. The van der Waals surface area contributed by atoms with E-state index in [1.807, 2.05) is 25.1 Å². The molecule has 3 N–H and O–H groups in total. The summed E-state index contributed by atoms with van der Waals surface area (Å²) in [6.45, 7) is 3.82. The summed E-state index contributed by atoms with van der Waals surface area (Å²) < 4.78 is 2.22. The van der Waals surface area contributed by atoms with Crippen molar-refractivity contribution in [2.45, 2.75) is 32.4 Å². The Morgan fingerprint density at radius 3 is 2.62 bits per heavy atom. The van der Waals surface area contributed by atoms with Gasteiger partial charge in [0.25, 0.3) is 0 Å². The fourth-order valence-electron chi connectivity index (χ4n) is 2.35. The highest BCUT2D eigenvalue weighted by Crippen LogP contribution is 2.21. The van der Waals surface area contributed by atoms with Crippen LogP contribution in [0.3, 0.4) is 0 Å². The molecule has 5 nitrogen and oxygen atoms in total. The molecule has 2 rings (SSSR count). The highest BCUT2D eigenvalue weighted by molar-refractivity contribution is 5.93. The van der Waals surface area contributed by atoms with Crippen molar-refractivity contribution < 1.29 is 4.79 Å². The summed E-state index contributed by atoms with van der Waals surface area (Å²) in [7, 11) is 4.13. The summed E-state index contributed by atoms with van der Waals surface area (Å²) in [5, 5.41) is 4.14. The topological polar surface area (TPSA) is 63.3 Å². The van der Waals surface area contributed by atoms with Gasteiger partial charge in [-0.15, -0.1) is 24.8 Å². The number of nitrogens with one attached hydrogen (secondary N) is 1. The normalized spacial score (nSPS) is 11.7. The minimum atomic E-state index is 0. The minimum Gasteiger partial charge on any atom is -0.346 e. The number of fused-ring (bicyclic) bond motifs is 1. The molecule has 1 unspecified atom stereocenters. The van der Waals surface area contributed by atoms with E-state index in [0.29, 0.717) is 12.8 Å². The molecule has 0 fully saturated rings. The van der Waals surface area contributed by atoms with E-state index in [9.17, 15) is 4.79 Å². The Bertz CT molecular complexity index is 641. The van der Waals surface area contributed by atoms with E-state index in [2.05, 4.69) is 41.1 Å². The Morgan fingerprint density at radius 1 is 1.29 bits per heavy atom. The van der Waals surface area contributed by atoms with E-state index in [0.717, 1.165) is 24.3 Å². The van der Waals surface area contributed by atoms with Gasteiger partial charge in [-0.25, -0.2) is 0 Å². The van der Waals surface area contributed by atoms with Gasteiger partial charge in [0.1, 0.15) is 0 Å². The van der Waals surface area contributed by atoms with Crippen LogP contribution in [0.4, 0.5) is 5.69 Å². The van der Waals surface area contributed by atoms with Crippen molar-refractivity contribution in [3.05, 3.63) is 30.5 Å². The van der Waals surface area contributed by atoms with Gasteiger partial charge in [0.2, 0.25) is 5.91 Å². The van der Waals surface area contributed by atoms with Crippen molar-refractivity contribution in [1.29, 1.82) is 0 Å². The SMILES string of the molecule is CC(N)CCC(=O)Nc1ccc2ccn(CCN(C)C)c2c1.Cl.Cl. The molecular weight excluding hydrogens is 347 g/mol. The first-order valence-electron chi connectivity index (χ1n) is 7.75. The third-order valence-electron chi connectivity index (χ3n) is 3.67. The number of carbonyl (C=O) groups excluding carboxylic acids is 1. The van der Waals surface area contributed by atoms with E-state index >= 15 is 0 Å². The third kappa shape index (κ3) is 6.69. The van der Waals surface area contributed by atoms with E-state index in [4.69, 9.17) is 5.73 Å². The molecule has 7 heteroatoms. The maximum Gasteiger partial charge on any atom is 0.224 e. The van der Waals surface area contributed by atoms with Crippen LogP contribution < -0.4 is 11.1 Å². The number of rotatable bonds is 7. The Labute approximate surface area is 156 Å². The molecule has 1 amide bonds. The molecule has 24 heavy (non-hydrogen) atoms. The number of nitrogens with two attached hydrogens (primary N) is 1. The quantitative estimate of drug-likeness (QED) is 0.782. The van der Waals surface area contributed by atoms with Crippen LogP contribution in [0, 0.1) is 0 Å². The van der Waals surface area contributed by atoms with Gasteiger partial charge in [0.15, 0.2) is 0 Å². The molecule has 0 aliphatic rings. The standard InChI is InChI=1S/C17H26N4O.2ClH/c1-13(18)4-7-17(22)19-15-6-5-14-8-9-21(16(14)12-15)11-10-20(2)3;;/h5-6,8-9,12-13H,4,7,10-11,18H2,1-3H3,(H,19,22);2*1H. The van der Waals surface area contributed by atoms with Crippen molar-refractivity contribution in [1.82, 2.24) is 9.47 Å². The fraction of sp³-hybridized carbons (Fsp3) is 0.471. The zero-order valence-corrected chi connectivity index (χ0v) is 16.1. The number of nitrogens with zero attached hydrogens (tertiary/aromatic N) is 2.